The van der Waals surface area contributed by atoms with Gasteiger partial charge in [0.25, 0.3) is 0 Å². The van der Waals surface area contributed by atoms with Crippen LogP contribution in [0, 0.1) is 0 Å². The van der Waals surface area contributed by atoms with Crippen LogP contribution >= 0.6 is 0 Å². The van der Waals surface area contributed by atoms with E-state index in [2.05, 4.69) is 4.98 Å². The topological polar surface area (TPSA) is 56.0 Å². The monoisotopic (exact) mass is 350 g/mol. The first-order valence-corrected chi connectivity index (χ1v) is 6.42. The second-order valence-electron chi connectivity index (χ2n) is 4.49. The summed E-state index contributed by atoms with van der Waals surface area (Å²) in [5.74, 6) is 0. The molecule has 0 fully saturated rings. The summed E-state index contributed by atoms with van der Waals surface area (Å²) in [7, 11) is 0. The van der Waals surface area contributed by atoms with E-state index >= 15 is 0 Å². The van der Waals surface area contributed by atoms with E-state index in [4.69, 9.17) is 10.5 Å². The van der Waals surface area contributed by atoms with Gasteiger partial charge in [-0.3, -0.25) is 9.78 Å². The summed E-state index contributed by atoms with van der Waals surface area (Å²) < 4.78 is 68.4. The van der Waals surface area contributed by atoms with E-state index in [1.54, 1.807) is 12.1 Å². The Kier molecular flexibility index (Phi) is 6.47. The van der Waals surface area contributed by atoms with Gasteiger partial charge in [-0.1, -0.05) is 18.2 Å². The van der Waals surface area contributed by atoms with E-state index < -0.39 is 24.2 Å². The molecular weight excluding hydrogens is 338 g/mol. The van der Waals surface area contributed by atoms with Gasteiger partial charge in [-0.15, -0.1) is 0 Å². The van der Waals surface area contributed by atoms with Crippen LogP contribution in [0.2, 0.25) is 0 Å². The Bertz CT molecular complexity index is 665. The molecule has 0 saturated carbocycles. The number of pyridine rings is 1. The number of aldehydes is 1. The van der Waals surface area contributed by atoms with Gasteiger partial charge in [0.1, 0.15) is 0 Å². The van der Waals surface area contributed by atoms with Crippen molar-refractivity contribution in [2.24, 2.45) is 5.73 Å². The van der Waals surface area contributed by atoms with E-state index in [0.29, 0.717) is 12.2 Å². The number of nitrogens with two attached hydrogens (primary N) is 1. The zero-order chi connectivity index (χ0) is 18.4. The van der Waals surface area contributed by atoms with Crippen molar-refractivity contribution in [3.63, 3.8) is 0 Å². The summed E-state index contributed by atoms with van der Waals surface area (Å²) >= 11 is 0. The van der Waals surface area contributed by atoms with Crippen LogP contribution in [-0.2, 0) is 17.5 Å². The van der Waals surface area contributed by atoms with Crippen molar-refractivity contribution in [1.29, 1.82) is 0 Å². The van der Waals surface area contributed by atoms with Crippen LogP contribution < -0.4 is 5.73 Å². The van der Waals surface area contributed by atoms with Gasteiger partial charge in [-0.2, -0.15) is 26.3 Å². The molecule has 0 saturated heterocycles. The van der Waals surface area contributed by atoms with Crippen molar-refractivity contribution < 1.29 is 31.1 Å². The van der Waals surface area contributed by atoms with Crippen LogP contribution in [0.15, 0.2) is 42.6 Å². The fourth-order valence-corrected chi connectivity index (χ4v) is 1.59. The fourth-order valence-electron chi connectivity index (χ4n) is 1.59. The smallest absolute Gasteiger partial charge is 0.326 e. The molecule has 2 N–H and O–H groups in total. The molecule has 0 bridgehead atoms. The molecule has 1 aromatic carbocycles. The molecule has 1 heterocycles. The number of rotatable bonds is 2. The highest BCUT2D eigenvalue weighted by Crippen LogP contribution is 2.29. The number of aromatic nitrogens is 1. The largest absolute Gasteiger partial charge is 0.446 e. The summed E-state index contributed by atoms with van der Waals surface area (Å²) in [5.41, 5.74) is 6.93. The van der Waals surface area contributed by atoms with Gasteiger partial charge in [0, 0.05) is 18.3 Å². The first-order valence-electron chi connectivity index (χ1n) is 6.42. The molecule has 0 spiro atoms. The van der Waals surface area contributed by atoms with Crippen LogP contribution in [0.1, 0.15) is 11.1 Å². The number of halogens is 6. The lowest BCUT2D eigenvalue weighted by molar-refractivity contribution is -0.156. The Hall–Kier alpha value is -2.42. The molecule has 0 unspecified atom stereocenters. The maximum absolute atomic E-state index is 12.4. The van der Waals surface area contributed by atoms with E-state index in [9.17, 15) is 26.3 Å². The molecule has 0 amide bonds. The van der Waals surface area contributed by atoms with Gasteiger partial charge in [0.2, 0.25) is 6.29 Å². The molecule has 0 atom stereocenters. The number of hydrogen-bond donors (Lipinski definition) is 1. The van der Waals surface area contributed by atoms with Gasteiger partial charge in [0.15, 0.2) is 0 Å². The van der Waals surface area contributed by atoms with E-state index in [-0.39, 0.29) is 0 Å². The standard InChI is InChI=1S/C13H11F3N2.C2HF3O/c14-13(15,16)11-4-5-12(18-8-11)10-3-1-2-9(6-10)7-17;3-2(4,5)1-6/h1-6,8H,7,17H2;1H. The second-order valence-corrected chi connectivity index (χ2v) is 4.49. The number of carbonyl (C=O) groups excluding carboxylic acids is 1. The fraction of sp³-hybridized carbons (Fsp3) is 0.200. The summed E-state index contributed by atoms with van der Waals surface area (Å²) in [5, 5.41) is 0. The Morgan fingerprint density at radius 1 is 1.04 bits per heavy atom. The third-order valence-corrected chi connectivity index (χ3v) is 2.68. The van der Waals surface area contributed by atoms with Crippen molar-refractivity contribution in [3.05, 3.63) is 53.7 Å². The molecule has 3 nitrogen and oxygen atoms in total. The van der Waals surface area contributed by atoms with Gasteiger partial charge in [-0.05, 0) is 23.8 Å². The summed E-state index contributed by atoms with van der Waals surface area (Å²) in [6, 6.07) is 9.64. The van der Waals surface area contributed by atoms with Crippen LogP contribution in [0.4, 0.5) is 26.3 Å². The lowest BCUT2D eigenvalue weighted by Gasteiger charge is -2.07. The predicted molar refractivity (Wildman–Crippen MR) is 74.7 cm³/mol. The van der Waals surface area contributed by atoms with E-state index in [0.717, 1.165) is 23.4 Å². The predicted octanol–water partition coefficient (Wildman–Crippen LogP) is 3.97. The van der Waals surface area contributed by atoms with Crippen LogP contribution in [0.3, 0.4) is 0 Å². The minimum absolute atomic E-state index is 0.383. The van der Waals surface area contributed by atoms with E-state index in [1.807, 2.05) is 12.1 Å². The van der Waals surface area contributed by atoms with Crippen LogP contribution in [0.25, 0.3) is 11.3 Å². The highest BCUT2D eigenvalue weighted by Gasteiger charge is 2.30. The van der Waals surface area contributed by atoms with Gasteiger partial charge >= 0.3 is 12.4 Å². The number of carbonyl (C=O) groups is 1. The molecular formula is C15H12F6N2O. The SMILES string of the molecule is NCc1cccc(-c2ccc(C(F)(F)F)cn2)c1.O=CC(F)(F)F. The maximum atomic E-state index is 12.4. The average molecular weight is 350 g/mol. The first-order chi connectivity index (χ1) is 11.1. The number of hydrogen-bond acceptors (Lipinski definition) is 3. The summed E-state index contributed by atoms with van der Waals surface area (Å²) in [6.07, 6.45) is -9.22. The molecule has 130 valence electrons. The highest BCUT2D eigenvalue weighted by molar-refractivity contribution is 5.60. The second kappa shape index (κ2) is 7.91. The lowest BCUT2D eigenvalue weighted by Crippen LogP contribution is -2.07. The molecule has 2 aromatic rings. The third-order valence-electron chi connectivity index (χ3n) is 2.68. The first kappa shape index (κ1) is 19.6. The quantitative estimate of drug-likeness (QED) is 0.659. The minimum Gasteiger partial charge on any atom is -0.326 e. The van der Waals surface area contributed by atoms with E-state index in [1.165, 1.54) is 6.07 Å². The Morgan fingerprint density at radius 2 is 1.67 bits per heavy atom. The summed E-state index contributed by atoms with van der Waals surface area (Å²) in [4.78, 5) is 12.5. The molecule has 0 radical (unpaired) electrons. The van der Waals surface area contributed by atoms with Crippen molar-refractivity contribution in [2.45, 2.75) is 18.9 Å². The number of alkyl halides is 6. The van der Waals surface area contributed by atoms with Gasteiger partial charge < -0.3 is 5.73 Å². The Balaban J connectivity index is 0.000000413. The molecule has 0 aliphatic rings. The average Bonchev–Trinajstić information content (AvgIpc) is 2.54. The van der Waals surface area contributed by atoms with Gasteiger partial charge in [-0.25, -0.2) is 0 Å². The molecule has 1 aromatic heterocycles. The zero-order valence-corrected chi connectivity index (χ0v) is 12.0. The minimum atomic E-state index is -4.64. The summed E-state index contributed by atoms with van der Waals surface area (Å²) in [6.45, 7) is 0.383. The lowest BCUT2D eigenvalue weighted by atomic mass is 10.1. The van der Waals surface area contributed by atoms with Crippen LogP contribution in [-0.4, -0.2) is 17.4 Å². The van der Waals surface area contributed by atoms with Crippen molar-refractivity contribution in [3.8, 4) is 11.3 Å². The normalized spacial score (nSPS) is 11.5. The zero-order valence-electron chi connectivity index (χ0n) is 12.0. The third kappa shape index (κ3) is 6.37. The Morgan fingerprint density at radius 3 is 2.08 bits per heavy atom. The van der Waals surface area contributed by atoms with Crippen molar-refractivity contribution >= 4 is 6.29 Å². The number of nitrogens with zero attached hydrogens (tertiary/aromatic N) is 1. The maximum Gasteiger partial charge on any atom is 0.446 e. The molecule has 0 aliphatic heterocycles. The van der Waals surface area contributed by atoms with Crippen molar-refractivity contribution in [2.75, 3.05) is 0 Å². The molecule has 9 heteroatoms. The van der Waals surface area contributed by atoms with Crippen molar-refractivity contribution in [1.82, 2.24) is 4.98 Å². The number of benzene rings is 1. The highest BCUT2D eigenvalue weighted by atomic mass is 19.4. The Labute approximate surface area is 133 Å². The van der Waals surface area contributed by atoms with Crippen LogP contribution in [0.5, 0.6) is 0 Å². The molecule has 2 rings (SSSR count). The molecule has 24 heavy (non-hydrogen) atoms. The molecule has 0 aliphatic carbocycles. The van der Waals surface area contributed by atoms with Gasteiger partial charge in [0.05, 0.1) is 11.3 Å².